The van der Waals surface area contributed by atoms with Crippen molar-refractivity contribution in [2.24, 2.45) is 11.7 Å². The lowest BCUT2D eigenvalue weighted by atomic mass is 10.1. The summed E-state index contributed by atoms with van der Waals surface area (Å²) in [6.07, 6.45) is 5.11. The van der Waals surface area contributed by atoms with Gasteiger partial charge < -0.3 is 11.1 Å². The zero-order valence-electron chi connectivity index (χ0n) is 10.2. The van der Waals surface area contributed by atoms with Crippen LogP contribution in [0.5, 0.6) is 0 Å². The molecule has 0 aromatic carbocycles. The number of hydrogen-bond donors (Lipinski definition) is 2. The predicted molar refractivity (Wildman–Crippen MR) is 70.2 cm³/mol. The van der Waals surface area contributed by atoms with Crippen LogP contribution < -0.4 is 11.1 Å². The molecule has 0 spiro atoms. The van der Waals surface area contributed by atoms with Crippen LogP contribution in [0.1, 0.15) is 36.8 Å². The average molecular weight is 253 g/mol. The number of hydrogen-bond acceptors (Lipinski definition) is 4. The number of fused-ring (bicyclic) bond motifs is 1. The molecule has 1 atom stereocenters. The van der Waals surface area contributed by atoms with Gasteiger partial charge in [-0.05, 0) is 38.6 Å². The monoisotopic (exact) mass is 253 g/mol. The third-order valence-corrected chi connectivity index (χ3v) is 4.19. The summed E-state index contributed by atoms with van der Waals surface area (Å²) in [4.78, 5) is 17.7. The van der Waals surface area contributed by atoms with Crippen LogP contribution in [0, 0.1) is 5.92 Å². The Morgan fingerprint density at radius 1 is 1.59 bits per heavy atom. The van der Waals surface area contributed by atoms with Gasteiger partial charge in [0.25, 0.3) is 0 Å². The Balaban J connectivity index is 1.89. The van der Waals surface area contributed by atoms with E-state index < -0.39 is 0 Å². The summed E-state index contributed by atoms with van der Waals surface area (Å²) in [5, 5.41) is 3.67. The van der Waals surface area contributed by atoms with E-state index in [0.29, 0.717) is 6.54 Å². The van der Waals surface area contributed by atoms with Crippen LogP contribution in [0.2, 0.25) is 0 Å². The second kappa shape index (κ2) is 5.60. The molecule has 17 heavy (non-hydrogen) atoms. The van der Waals surface area contributed by atoms with E-state index in [2.05, 4.69) is 10.3 Å². The molecule has 1 aliphatic rings. The largest absolute Gasteiger partial charge is 0.330 e. The van der Waals surface area contributed by atoms with Gasteiger partial charge in [0.1, 0.15) is 0 Å². The molecule has 94 valence electrons. The van der Waals surface area contributed by atoms with Crippen molar-refractivity contribution < 1.29 is 4.79 Å². The Morgan fingerprint density at radius 3 is 3.12 bits per heavy atom. The van der Waals surface area contributed by atoms with Gasteiger partial charge in [0.05, 0.1) is 5.69 Å². The highest BCUT2D eigenvalue weighted by molar-refractivity contribution is 7.15. The molecule has 1 aliphatic carbocycles. The van der Waals surface area contributed by atoms with Crippen molar-refractivity contribution in [1.82, 2.24) is 4.98 Å². The minimum absolute atomic E-state index is 0.0114. The van der Waals surface area contributed by atoms with E-state index in [-0.39, 0.29) is 11.8 Å². The van der Waals surface area contributed by atoms with E-state index in [1.165, 1.54) is 17.0 Å². The fourth-order valence-electron chi connectivity index (χ4n) is 2.03. The van der Waals surface area contributed by atoms with Crippen molar-refractivity contribution in [2.75, 3.05) is 11.9 Å². The molecule has 4 nitrogen and oxygen atoms in total. The molecule has 1 aromatic rings. The second-order valence-electron chi connectivity index (χ2n) is 4.56. The number of thiazole rings is 1. The van der Waals surface area contributed by atoms with Gasteiger partial charge in [-0.25, -0.2) is 4.98 Å². The summed E-state index contributed by atoms with van der Waals surface area (Å²) < 4.78 is 0. The quantitative estimate of drug-likeness (QED) is 0.842. The number of carbonyl (C=O) groups is 1. The number of rotatable bonds is 5. The number of aromatic nitrogens is 1. The highest BCUT2D eigenvalue weighted by atomic mass is 32.1. The molecule has 0 saturated carbocycles. The lowest BCUT2D eigenvalue weighted by Gasteiger charge is -2.09. The molecular formula is C12H19N3OS. The van der Waals surface area contributed by atoms with Crippen LogP contribution in [-0.4, -0.2) is 17.4 Å². The fourth-order valence-corrected chi connectivity index (χ4v) is 3.08. The Morgan fingerprint density at radius 2 is 2.41 bits per heavy atom. The van der Waals surface area contributed by atoms with Crippen LogP contribution in [-0.2, 0) is 17.6 Å². The van der Waals surface area contributed by atoms with Crippen LogP contribution in [0.15, 0.2) is 0 Å². The number of carbonyl (C=O) groups excluding carboxylic acids is 1. The number of nitrogens with two attached hydrogens (primary N) is 1. The van der Waals surface area contributed by atoms with E-state index in [4.69, 9.17) is 5.73 Å². The first-order valence-corrected chi connectivity index (χ1v) is 7.02. The molecule has 1 aromatic heterocycles. The van der Waals surface area contributed by atoms with E-state index in [1.54, 1.807) is 11.3 Å². The third-order valence-electron chi connectivity index (χ3n) is 3.11. The SMILES string of the molecule is CC(CCCN)C(=O)Nc1nc2c(s1)CCC2. The smallest absolute Gasteiger partial charge is 0.228 e. The lowest BCUT2D eigenvalue weighted by Crippen LogP contribution is -2.21. The van der Waals surface area contributed by atoms with Crippen molar-refractivity contribution in [1.29, 1.82) is 0 Å². The maximum atomic E-state index is 11.9. The molecule has 1 heterocycles. The highest BCUT2D eigenvalue weighted by Crippen LogP contribution is 2.30. The molecule has 0 aliphatic heterocycles. The first kappa shape index (κ1) is 12.5. The van der Waals surface area contributed by atoms with Crippen LogP contribution in [0.25, 0.3) is 0 Å². The van der Waals surface area contributed by atoms with Gasteiger partial charge in [0, 0.05) is 10.8 Å². The van der Waals surface area contributed by atoms with Gasteiger partial charge in [-0.1, -0.05) is 6.92 Å². The summed E-state index contributed by atoms with van der Waals surface area (Å²) in [6.45, 7) is 2.58. The van der Waals surface area contributed by atoms with Gasteiger partial charge in [-0.3, -0.25) is 4.79 Å². The topological polar surface area (TPSA) is 68.0 Å². The standard InChI is InChI=1S/C12H19N3OS/c1-8(4-3-7-13)11(16)15-12-14-9-5-2-6-10(9)17-12/h8H,2-7,13H2,1H3,(H,14,15,16). The highest BCUT2D eigenvalue weighted by Gasteiger charge is 2.19. The molecule has 5 heteroatoms. The van der Waals surface area contributed by atoms with E-state index in [0.717, 1.165) is 30.8 Å². The first-order valence-electron chi connectivity index (χ1n) is 6.20. The number of nitrogens with zero attached hydrogens (tertiary/aromatic N) is 1. The Hall–Kier alpha value is -0.940. The molecule has 2 rings (SSSR count). The molecule has 0 radical (unpaired) electrons. The zero-order chi connectivity index (χ0) is 12.3. The lowest BCUT2D eigenvalue weighted by molar-refractivity contribution is -0.119. The van der Waals surface area contributed by atoms with Gasteiger partial charge >= 0.3 is 0 Å². The van der Waals surface area contributed by atoms with Gasteiger partial charge in [-0.15, -0.1) is 11.3 Å². The fraction of sp³-hybridized carbons (Fsp3) is 0.667. The predicted octanol–water partition coefficient (Wildman–Crippen LogP) is 1.95. The van der Waals surface area contributed by atoms with Gasteiger partial charge in [0.15, 0.2) is 5.13 Å². The minimum Gasteiger partial charge on any atom is -0.330 e. The summed E-state index contributed by atoms with van der Waals surface area (Å²) in [7, 11) is 0. The molecular weight excluding hydrogens is 234 g/mol. The Kier molecular flexibility index (Phi) is 4.12. The summed E-state index contributed by atoms with van der Waals surface area (Å²) in [5.74, 6) is 0.0724. The van der Waals surface area contributed by atoms with Crippen molar-refractivity contribution in [3.8, 4) is 0 Å². The van der Waals surface area contributed by atoms with Gasteiger partial charge in [-0.2, -0.15) is 0 Å². The maximum Gasteiger partial charge on any atom is 0.228 e. The van der Waals surface area contributed by atoms with Crippen molar-refractivity contribution >= 4 is 22.4 Å². The normalized spacial score (nSPS) is 15.6. The van der Waals surface area contributed by atoms with Crippen LogP contribution in [0.4, 0.5) is 5.13 Å². The molecule has 0 fully saturated rings. The second-order valence-corrected chi connectivity index (χ2v) is 5.65. The first-order chi connectivity index (χ1) is 8.20. The number of amides is 1. The van der Waals surface area contributed by atoms with E-state index in [9.17, 15) is 4.79 Å². The summed E-state index contributed by atoms with van der Waals surface area (Å²) in [6, 6.07) is 0. The zero-order valence-corrected chi connectivity index (χ0v) is 11.0. The Labute approximate surface area is 106 Å². The van der Waals surface area contributed by atoms with Crippen LogP contribution in [0.3, 0.4) is 0 Å². The number of aryl methyl sites for hydroxylation is 2. The summed E-state index contributed by atoms with van der Waals surface area (Å²) >= 11 is 1.62. The molecule has 3 N–H and O–H groups in total. The summed E-state index contributed by atoms with van der Waals surface area (Å²) in [5.41, 5.74) is 6.62. The van der Waals surface area contributed by atoms with E-state index >= 15 is 0 Å². The van der Waals surface area contributed by atoms with Crippen molar-refractivity contribution in [3.63, 3.8) is 0 Å². The van der Waals surface area contributed by atoms with Crippen molar-refractivity contribution in [2.45, 2.75) is 39.0 Å². The molecule has 1 amide bonds. The average Bonchev–Trinajstić information content (AvgIpc) is 2.86. The van der Waals surface area contributed by atoms with Gasteiger partial charge in [0.2, 0.25) is 5.91 Å². The minimum atomic E-state index is 0.0114. The maximum absolute atomic E-state index is 11.9. The Bertz CT molecular complexity index is 381. The number of nitrogens with one attached hydrogen (secondary N) is 1. The van der Waals surface area contributed by atoms with E-state index in [1.807, 2.05) is 6.92 Å². The third kappa shape index (κ3) is 3.04. The molecule has 0 saturated heterocycles. The van der Waals surface area contributed by atoms with Crippen LogP contribution >= 0.6 is 11.3 Å². The molecule has 0 bridgehead atoms. The molecule has 1 unspecified atom stereocenters. The number of anilines is 1. The van der Waals surface area contributed by atoms with Crippen molar-refractivity contribution in [3.05, 3.63) is 10.6 Å².